The summed E-state index contributed by atoms with van der Waals surface area (Å²) in [6, 6.07) is 7.31. The number of hydrogen-bond donors (Lipinski definition) is 1. The van der Waals surface area contributed by atoms with E-state index in [0.717, 1.165) is 56.7 Å². The molecule has 4 aliphatic rings. The van der Waals surface area contributed by atoms with Gasteiger partial charge in [-0.05, 0) is 68.9 Å². The fourth-order valence-corrected chi connectivity index (χ4v) is 7.02. The molecule has 4 heterocycles. The van der Waals surface area contributed by atoms with E-state index in [1.807, 2.05) is 4.90 Å². The number of alkyl halides is 3. The van der Waals surface area contributed by atoms with Crippen LogP contribution >= 0.6 is 0 Å². The zero-order valence-electron chi connectivity index (χ0n) is 24.4. The van der Waals surface area contributed by atoms with Crippen LogP contribution in [0.3, 0.4) is 0 Å². The van der Waals surface area contributed by atoms with Crippen LogP contribution in [-0.4, -0.2) is 95.9 Å². The highest BCUT2D eigenvalue weighted by molar-refractivity contribution is 5.86. The zero-order chi connectivity index (χ0) is 30.4. The van der Waals surface area contributed by atoms with Gasteiger partial charge in [0.15, 0.2) is 0 Å². The Morgan fingerprint density at radius 3 is 2.47 bits per heavy atom. The zero-order valence-corrected chi connectivity index (χ0v) is 24.4. The van der Waals surface area contributed by atoms with E-state index in [2.05, 4.69) is 21.7 Å². The second-order valence-electron chi connectivity index (χ2n) is 12.3. The molecule has 1 aromatic carbocycles. The molecule has 0 bridgehead atoms. The third-order valence-corrected chi connectivity index (χ3v) is 9.65. The summed E-state index contributed by atoms with van der Waals surface area (Å²) in [6.45, 7) is 6.36. The van der Waals surface area contributed by atoms with Crippen LogP contribution in [0, 0.1) is 11.7 Å². The SMILES string of the molecule is C[C@H]1CN([C@@H]2CC[C@@](C(=O)N3CCN(c4cc(C(F)(F)F)ccn4)CC3)(C3CC3)OC2)CCN1c1ccc(F)c(CO)c1. The Morgan fingerprint density at radius 1 is 1.07 bits per heavy atom. The highest BCUT2D eigenvalue weighted by Crippen LogP contribution is 2.48. The third kappa shape index (κ3) is 6.06. The molecule has 3 aliphatic heterocycles. The molecular formula is C31H39F4N5O3. The number of benzene rings is 1. The van der Waals surface area contributed by atoms with Gasteiger partial charge in [-0.15, -0.1) is 0 Å². The van der Waals surface area contributed by atoms with Gasteiger partial charge in [0.25, 0.3) is 5.91 Å². The summed E-state index contributed by atoms with van der Waals surface area (Å²) in [7, 11) is 0. The predicted molar refractivity (Wildman–Crippen MR) is 153 cm³/mol. The van der Waals surface area contributed by atoms with Gasteiger partial charge in [0, 0.05) is 75.3 Å². The summed E-state index contributed by atoms with van der Waals surface area (Å²) in [5, 5.41) is 9.47. The number of aromatic nitrogens is 1. The van der Waals surface area contributed by atoms with Gasteiger partial charge in [-0.1, -0.05) is 0 Å². The number of aliphatic hydroxyl groups excluding tert-OH is 1. The Balaban J connectivity index is 1.05. The number of aliphatic hydroxyl groups is 1. The monoisotopic (exact) mass is 605 g/mol. The van der Waals surface area contributed by atoms with Crippen molar-refractivity contribution >= 4 is 17.4 Å². The van der Waals surface area contributed by atoms with E-state index < -0.39 is 23.2 Å². The first-order valence-electron chi connectivity index (χ1n) is 15.2. The van der Waals surface area contributed by atoms with Crippen molar-refractivity contribution in [3.05, 3.63) is 53.5 Å². The second kappa shape index (κ2) is 11.9. The number of carbonyl (C=O) groups excluding carboxylic acids is 1. The van der Waals surface area contributed by atoms with E-state index in [1.165, 1.54) is 12.3 Å². The van der Waals surface area contributed by atoms with Crippen molar-refractivity contribution in [1.82, 2.24) is 14.8 Å². The molecule has 0 radical (unpaired) electrons. The number of piperazine rings is 2. The van der Waals surface area contributed by atoms with E-state index in [1.54, 1.807) is 17.0 Å². The lowest BCUT2D eigenvalue weighted by Crippen LogP contribution is -2.62. The molecule has 1 aliphatic carbocycles. The van der Waals surface area contributed by atoms with E-state index in [0.29, 0.717) is 44.8 Å². The summed E-state index contributed by atoms with van der Waals surface area (Å²) < 4.78 is 60.0. The van der Waals surface area contributed by atoms with Crippen LogP contribution < -0.4 is 9.80 Å². The summed E-state index contributed by atoms with van der Waals surface area (Å²) in [5.74, 6) is 0.0942. The maximum Gasteiger partial charge on any atom is 0.416 e. The summed E-state index contributed by atoms with van der Waals surface area (Å²) in [4.78, 5) is 26.4. The quantitative estimate of drug-likeness (QED) is 0.501. The van der Waals surface area contributed by atoms with Crippen LogP contribution in [0.1, 0.15) is 43.7 Å². The van der Waals surface area contributed by atoms with E-state index in [4.69, 9.17) is 4.74 Å². The molecule has 3 saturated heterocycles. The van der Waals surface area contributed by atoms with Crippen molar-refractivity contribution in [1.29, 1.82) is 0 Å². The Morgan fingerprint density at radius 2 is 1.84 bits per heavy atom. The molecule has 234 valence electrons. The molecule has 1 amide bonds. The van der Waals surface area contributed by atoms with Gasteiger partial charge in [-0.3, -0.25) is 9.69 Å². The molecule has 12 heteroatoms. The Labute approximate surface area is 249 Å². The van der Waals surface area contributed by atoms with Crippen LogP contribution in [0.5, 0.6) is 0 Å². The van der Waals surface area contributed by atoms with Gasteiger partial charge in [-0.25, -0.2) is 9.37 Å². The molecule has 1 N–H and O–H groups in total. The minimum atomic E-state index is -4.43. The van der Waals surface area contributed by atoms with Gasteiger partial charge < -0.3 is 24.5 Å². The Bertz CT molecular complexity index is 1310. The number of carbonyl (C=O) groups is 1. The molecule has 2 aromatic rings. The number of hydrogen-bond acceptors (Lipinski definition) is 7. The molecule has 1 saturated carbocycles. The largest absolute Gasteiger partial charge is 0.416 e. The van der Waals surface area contributed by atoms with Crippen molar-refractivity contribution in [2.45, 2.75) is 63.1 Å². The average molecular weight is 606 g/mol. The first-order chi connectivity index (χ1) is 20.6. The van der Waals surface area contributed by atoms with Crippen molar-refractivity contribution in [2.24, 2.45) is 5.92 Å². The van der Waals surface area contributed by atoms with Crippen LogP contribution in [-0.2, 0) is 22.3 Å². The van der Waals surface area contributed by atoms with Crippen LogP contribution in [0.15, 0.2) is 36.5 Å². The molecule has 6 rings (SSSR count). The molecule has 3 atom stereocenters. The van der Waals surface area contributed by atoms with E-state index in [9.17, 15) is 27.5 Å². The maximum atomic E-state index is 13.9. The lowest BCUT2D eigenvalue weighted by molar-refractivity contribution is -0.176. The predicted octanol–water partition coefficient (Wildman–Crippen LogP) is 3.92. The van der Waals surface area contributed by atoms with Crippen molar-refractivity contribution in [3.8, 4) is 0 Å². The molecule has 8 nitrogen and oxygen atoms in total. The van der Waals surface area contributed by atoms with Gasteiger partial charge in [0.1, 0.15) is 17.2 Å². The molecule has 43 heavy (non-hydrogen) atoms. The topological polar surface area (TPSA) is 72.4 Å². The fourth-order valence-electron chi connectivity index (χ4n) is 7.02. The lowest BCUT2D eigenvalue weighted by atomic mass is 9.85. The molecule has 0 unspecified atom stereocenters. The molecule has 4 fully saturated rings. The van der Waals surface area contributed by atoms with Gasteiger partial charge in [0.05, 0.1) is 18.8 Å². The summed E-state index contributed by atoms with van der Waals surface area (Å²) >= 11 is 0. The third-order valence-electron chi connectivity index (χ3n) is 9.65. The average Bonchev–Trinajstić information content (AvgIpc) is 3.87. The van der Waals surface area contributed by atoms with Gasteiger partial charge >= 0.3 is 6.18 Å². The molecule has 1 aromatic heterocycles. The maximum absolute atomic E-state index is 13.9. The first-order valence-corrected chi connectivity index (χ1v) is 15.2. The molecule has 0 spiro atoms. The minimum Gasteiger partial charge on any atom is -0.392 e. The van der Waals surface area contributed by atoms with Crippen LogP contribution in [0.25, 0.3) is 0 Å². The summed E-state index contributed by atoms with van der Waals surface area (Å²) in [5.41, 5.74) is -0.353. The van der Waals surface area contributed by atoms with Gasteiger partial charge in [-0.2, -0.15) is 13.2 Å². The summed E-state index contributed by atoms with van der Waals surface area (Å²) in [6.07, 6.45) is 0.195. The smallest absolute Gasteiger partial charge is 0.392 e. The number of nitrogens with zero attached hydrogens (tertiary/aromatic N) is 5. The highest BCUT2D eigenvalue weighted by atomic mass is 19.4. The Kier molecular flexibility index (Phi) is 8.29. The highest BCUT2D eigenvalue weighted by Gasteiger charge is 2.56. The van der Waals surface area contributed by atoms with Gasteiger partial charge in [0.2, 0.25) is 0 Å². The van der Waals surface area contributed by atoms with Crippen molar-refractivity contribution in [2.75, 3.05) is 62.2 Å². The van der Waals surface area contributed by atoms with E-state index >= 15 is 0 Å². The number of anilines is 2. The van der Waals surface area contributed by atoms with Crippen LogP contribution in [0.4, 0.5) is 29.1 Å². The van der Waals surface area contributed by atoms with E-state index in [-0.39, 0.29) is 36.3 Å². The minimum absolute atomic E-state index is 0.0132. The normalized spacial score (nSPS) is 27.4. The number of ether oxygens (including phenoxy) is 1. The number of rotatable bonds is 6. The van der Waals surface area contributed by atoms with Crippen molar-refractivity contribution in [3.63, 3.8) is 0 Å². The van der Waals surface area contributed by atoms with Crippen molar-refractivity contribution < 1.29 is 32.2 Å². The number of amides is 1. The standard InChI is InChI=1S/C31H39F4N5O3/c1-21-18-39(14-15-40(21)25-4-5-27(32)22(16-25)19-41)26-6-8-30(43-20-26,23-2-3-23)29(42)38-12-10-37(11-13-38)28-17-24(7-9-36-28)31(33,34)35/h4-5,7,9,16-17,21,23,26,41H,2-3,6,8,10-15,18-20H2,1H3/t21-,26+,30-/m0/s1. The fraction of sp³-hybridized carbons (Fsp3) is 0.613. The Hall–Kier alpha value is -2.96. The number of pyridine rings is 1. The van der Waals surface area contributed by atoms with Crippen LogP contribution in [0.2, 0.25) is 0 Å². The second-order valence-corrected chi connectivity index (χ2v) is 12.3. The lowest BCUT2D eigenvalue weighted by Gasteiger charge is -2.49. The molecular weight excluding hydrogens is 566 g/mol. The first kappa shape index (κ1) is 30.1. The number of halogens is 4.